The molecule has 0 aliphatic carbocycles. The molecule has 1 amide bonds. The number of benzene rings is 1. The van der Waals surface area contributed by atoms with Crippen LogP contribution >= 0.6 is 0 Å². The van der Waals surface area contributed by atoms with Crippen molar-refractivity contribution in [1.29, 1.82) is 0 Å². The standard InChI is InChI=1S/C19H17F5N4O/c1-10-15(25-4-2-3-19(22,23)24)5-11(8-26-10)18(29)28-17-9-27-16-7-14(21)13(20)6-12(16)17/h5-9,25,27H,2-4H2,1H3,(H,28,29). The minimum atomic E-state index is -4.22. The SMILES string of the molecule is Cc1ncc(C(=O)Nc2c[nH]c3cc(F)c(F)cc23)cc1NCCCC(F)(F)F. The molecule has 0 fully saturated rings. The van der Waals surface area contributed by atoms with E-state index in [2.05, 4.69) is 20.6 Å². The average Bonchev–Trinajstić information content (AvgIpc) is 3.01. The molecule has 3 N–H and O–H groups in total. The fourth-order valence-electron chi connectivity index (χ4n) is 2.76. The molecule has 3 rings (SSSR count). The van der Waals surface area contributed by atoms with E-state index in [1.54, 1.807) is 6.92 Å². The number of H-pyrrole nitrogens is 1. The molecular weight excluding hydrogens is 395 g/mol. The van der Waals surface area contributed by atoms with Gasteiger partial charge in [0.25, 0.3) is 5.91 Å². The summed E-state index contributed by atoms with van der Waals surface area (Å²) in [7, 11) is 0. The lowest BCUT2D eigenvalue weighted by Gasteiger charge is -2.12. The second-order valence-electron chi connectivity index (χ2n) is 6.47. The number of hydrogen-bond acceptors (Lipinski definition) is 3. The van der Waals surface area contributed by atoms with Crippen LogP contribution in [0.25, 0.3) is 10.9 Å². The summed E-state index contributed by atoms with van der Waals surface area (Å²) in [5.74, 6) is -2.61. The topological polar surface area (TPSA) is 69.8 Å². The minimum absolute atomic E-state index is 0.0698. The van der Waals surface area contributed by atoms with Crippen LogP contribution in [-0.4, -0.2) is 28.6 Å². The number of amides is 1. The summed E-state index contributed by atoms with van der Waals surface area (Å²) in [6, 6.07) is 3.43. The van der Waals surface area contributed by atoms with Gasteiger partial charge in [-0.25, -0.2) is 8.78 Å². The number of pyridine rings is 1. The summed E-state index contributed by atoms with van der Waals surface area (Å²) in [5, 5.41) is 5.72. The number of nitrogens with zero attached hydrogens (tertiary/aromatic N) is 1. The number of nitrogens with one attached hydrogen (secondary N) is 3. The summed E-state index contributed by atoms with van der Waals surface area (Å²) >= 11 is 0. The molecule has 2 heterocycles. The van der Waals surface area contributed by atoms with Gasteiger partial charge >= 0.3 is 6.18 Å². The number of carbonyl (C=O) groups is 1. The first-order valence-corrected chi connectivity index (χ1v) is 8.69. The molecule has 0 saturated carbocycles. The number of rotatable bonds is 6. The van der Waals surface area contributed by atoms with Gasteiger partial charge in [-0.1, -0.05) is 0 Å². The van der Waals surface area contributed by atoms with Gasteiger partial charge in [0, 0.05) is 36.8 Å². The van der Waals surface area contributed by atoms with Gasteiger partial charge in [-0.15, -0.1) is 0 Å². The van der Waals surface area contributed by atoms with Gasteiger partial charge in [-0.2, -0.15) is 13.2 Å². The molecule has 0 aliphatic rings. The van der Waals surface area contributed by atoms with Crippen LogP contribution in [0.2, 0.25) is 0 Å². The highest BCUT2D eigenvalue weighted by molar-refractivity contribution is 6.09. The summed E-state index contributed by atoms with van der Waals surface area (Å²) in [6.07, 6.45) is -2.53. The number of alkyl halides is 3. The molecule has 0 aliphatic heterocycles. The minimum Gasteiger partial charge on any atom is -0.384 e. The Bertz CT molecular complexity index is 1040. The van der Waals surface area contributed by atoms with Crippen molar-refractivity contribution in [3.8, 4) is 0 Å². The average molecular weight is 412 g/mol. The number of hydrogen-bond donors (Lipinski definition) is 3. The third-order valence-corrected chi connectivity index (χ3v) is 4.27. The van der Waals surface area contributed by atoms with Crippen LogP contribution < -0.4 is 10.6 Å². The third kappa shape index (κ3) is 5.01. The molecule has 0 atom stereocenters. The predicted octanol–water partition coefficient (Wildman–Crippen LogP) is 5.16. The Balaban J connectivity index is 1.72. The lowest BCUT2D eigenvalue weighted by atomic mass is 10.2. The molecule has 0 bridgehead atoms. The van der Waals surface area contributed by atoms with E-state index in [0.717, 1.165) is 12.1 Å². The fourth-order valence-corrected chi connectivity index (χ4v) is 2.76. The maximum absolute atomic E-state index is 13.5. The number of carbonyl (C=O) groups excluding carboxylic acids is 1. The van der Waals surface area contributed by atoms with Crippen molar-refractivity contribution in [2.45, 2.75) is 25.9 Å². The molecular formula is C19H17F5N4O. The number of aromatic nitrogens is 2. The van der Waals surface area contributed by atoms with Gasteiger partial charge < -0.3 is 15.6 Å². The van der Waals surface area contributed by atoms with Crippen LogP contribution in [0, 0.1) is 18.6 Å². The van der Waals surface area contributed by atoms with E-state index in [1.165, 1.54) is 18.5 Å². The molecule has 10 heteroatoms. The van der Waals surface area contributed by atoms with Gasteiger partial charge in [0.1, 0.15) is 0 Å². The Labute approximate surface area is 162 Å². The quantitative estimate of drug-likeness (QED) is 0.387. The Hall–Kier alpha value is -3.17. The van der Waals surface area contributed by atoms with E-state index in [0.29, 0.717) is 22.3 Å². The van der Waals surface area contributed by atoms with Crippen molar-refractivity contribution in [3.63, 3.8) is 0 Å². The van der Waals surface area contributed by atoms with Gasteiger partial charge in [0.15, 0.2) is 11.6 Å². The van der Waals surface area contributed by atoms with Crippen LogP contribution in [0.15, 0.2) is 30.6 Å². The van der Waals surface area contributed by atoms with Crippen molar-refractivity contribution in [1.82, 2.24) is 9.97 Å². The molecule has 5 nitrogen and oxygen atoms in total. The molecule has 0 unspecified atom stereocenters. The second-order valence-corrected chi connectivity index (χ2v) is 6.47. The zero-order valence-electron chi connectivity index (χ0n) is 15.3. The Morgan fingerprint density at radius 1 is 1.14 bits per heavy atom. The summed E-state index contributed by atoms with van der Waals surface area (Å²) in [5.41, 5.74) is 1.69. The zero-order valence-corrected chi connectivity index (χ0v) is 15.3. The molecule has 3 aromatic rings. The lowest BCUT2D eigenvalue weighted by molar-refractivity contribution is -0.134. The molecule has 0 spiro atoms. The van der Waals surface area contributed by atoms with Crippen molar-refractivity contribution < 1.29 is 26.7 Å². The summed E-state index contributed by atoms with van der Waals surface area (Å²) < 4.78 is 63.5. The first-order chi connectivity index (χ1) is 13.6. The number of fused-ring (bicyclic) bond motifs is 1. The van der Waals surface area contributed by atoms with Gasteiger partial charge in [-0.3, -0.25) is 9.78 Å². The van der Waals surface area contributed by atoms with Crippen LogP contribution in [0.5, 0.6) is 0 Å². The monoisotopic (exact) mass is 412 g/mol. The largest absolute Gasteiger partial charge is 0.389 e. The van der Waals surface area contributed by atoms with E-state index in [4.69, 9.17) is 0 Å². The summed E-state index contributed by atoms with van der Waals surface area (Å²) in [4.78, 5) is 19.3. The highest BCUT2D eigenvalue weighted by atomic mass is 19.4. The highest BCUT2D eigenvalue weighted by Crippen LogP contribution is 2.26. The molecule has 29 heavy (non-hydrogen) atoms. The molecule has 0 saturated heterocycles. The Morgan fingerprint density at radius 3 is 2.59 bits per heavy atom. The van der Waals surface area contributed by atoms with Crippen molar-refractivity contribution in [2.75, 3.05) is 17.2 Å². The van der Waals surface area contributed by atoms with Gasteiger partial charge in [-0.05, 0) is 25.5 Å². The van der Waals surface area contributed by atoms with Crippen LogP contribution in [0.3, 0.4) is 0 Å². The molecule has 0 radical (unpaired) electrons. The van der Waals surface area contributed by atoms with Crippen LogP contribution in [0.4, 0.5) is 33.3 Å². The lowest BCUT2D eigenvalue weighted by Crippen LogP contribution is -2.14. The summed E-state index contributed by atoms with van der Waals surface area (Å²) in [6.45, 7) is 1.73. The molecule has 154 valence electrons. The van der Waals surface area contributed by atoms with E-state index < -0.39 is 30.1 Å². The predicted molar refractivity (Wildman–Crippen MR) is 98.9 cm³/mol. The normalized spacial score (nSPS) is 11.7. The van der Waals surface area contributed by atoms with Crippen LogP contribution in [-0.2, 0) is 0 Å². The Morgan fingerprint density at radius 2 is 1.86 bits per heavy atom. The van der Waals surface area contributed by atoms with E-state index >= 15 is 0 Å². The number of aryl methyl sites for hydroxylation is 1. The van der Waals surface area contributed by atoms with Crippen LogP contribution in [0.1, 0.15) is 28.9 Å². The van der Waals surface area contributed by atoms with E-state index in [1.807, 2.05) is 0 Å². The third-order valence-electron chi connectivity index (χ3n) is 4.27. The molecule has 1 aromatic carbocycles. The second kappa shape index (κ2) is 8.06. The van der Waals surface area contributed by atoms with E-state index in [9.17, 15) is 26.7 Å². The van der Waals surface area contributed by atoms with Crippen molar-refractivity contribution in [3.05, 3.63) is 53.5 Å². The first-order valence-electron chi connectivity index (χ1n) is 8.69. The van der Waals surface area contributed by atoms with Crippen molar-refractivity contribution in [2.24, 2.45) is 0 Å². The number of anilines is 2. The first kappa shape index (κ1) is 20.6. The zero-order chi connectivity index (χ0) is 21.2. The fraction of sp³-hybridized carbons (Fsp3) is 0.263. The van der Waals surface area contributed by atoms with Gasteiger partial charge in [0.2, 0.25) is 0 Å². The van der Waals surface area contributed by atoms with Gasteiger partial charge in [0.05, 0.1) is 28.1 Å². The molecule has 2 aromatic heterocycles. The maximum Gasteiger partial charge on any atom is 0.389 e. The maximum atomic E-state index is 13.5. The highest BCUT2D eigenvalue weighted by Gasteiger charge is 2.25. The van der Waals surface area contributed by atoms with E-state index in [-0.39, 0.29) is 24.2 Å². The number of aromatic amines is 1. The van der Waals surface area contributed by atoms with Crippen molar-refractivity contribution >= 4 is 28.2 Å². The smallest absolute Gasteiger partial charge is 0.384 e. The number of halogens is 5. The Kier molecular flexibility index (Phi) is 5.71.